The van der Waals surface area contributed by atoms with Crippen LogP contribution in [-0.4, -0.2) is 77.4 Å². The van der Waals surface area contributed by atoms with E-state index >= 15 is 0 Å². The highest BCUT2D eigenvalue weighted by Gasteiger charge is 2.40. The van der Waals surface area contributed by atoms with Crippen LogP contribution in [0.2, 0.25) is 0 Å². The van der Waals surface area contributed by atoms with Crippen molar-refractivity contribution < 1.29 is 36.9 Å². The van der Waals surface area contributed by atoms with Gasteiger partial charge in [0.2, 0.25) is 0 Å². The third-order valence-corrected chi connectivity index (χ3v) is 6.76. The number of aromatic nitrogens is 3. The van der Waals surface area contributed by atoms with E-state index in [1.807, 2.05) is 18.2 Å². The fourth-order valence-corrected chi connectivity index (χ4v) is 4.66. The molecule has 4 rings (SSSR count). The van der Waals surface area contributed by atoms with Crippen LogP contribution in [0.25, 0.3) is 11.0 Å². The summed E-state index contributed by atoms with van der Waals surface area (Å²) in [6, 6.07) is 8.26. The lowest BCUT2D eigenvalue weighted by Gasteiger charge is -2.35. The van der Waals surface area contributed by atoms with Crippen LogP contribution < -0.4 is 4.90 Å². The molecule has 0 radical (unpaired) electrons. The van der Waals surface area contributed by atoms with Gasteiger partial charge in [-0.25, -0.2) is 19.2 Å². The molecule has 206 valence electrons. The predicted molar refractivity (Wildman–Crippen MR) is 133 cm³/mol. The summed E-state index contributed by atoms with van der Waals surface area (Å²) in [7, 11) is 0. The topological polar surface area (TPSA) is 135 Å². The van der Waals surface area contributed by atoms with Crippen molar-refractivity contribution in [3.63, 3.8) is 0 Å². The molecule has 1 fully saturated rings. The number of thioether (sulfide) groups is 1. The second-order valence-corrected chi connectivity index (χ2v) is 9.42. The second kappa shape index (κ2) is 12.2. The van der Waals surface area contributed by atoms with Gasteiger partial charge in [0, 0.05) is 37.7 Å². The Morgan fingerprint density at radius 2 is 1.87 bits per heavy atom. The summed E-state index contributed by atoms with van der Waals surface area (Å²) in [5.74, 6) is -0.174. The zero-order chi connectivity index (χ0) is 28.0. The van der Waals surface area contributed by atoms with Gasteiger partial charge < -0.3 is 19.3 Å². The van der Waals surface area contributed by atoms with E-state index in [1.165, 1.54) is 16.7 Å². The van der Waals surface area contributed by atoms with Crippen LogP contribution in [0.4, 0.5) is 23.8 Å². The van der Waals surface area contributed by atoms with Gasteiger partial charge in [0.25, 0.3) is 0 Å². The Hall–Kier alpha value is -4.06. The molecular formula is C24H23F3N6O5S. The number of carbonyl (C=O) groups is 2. The number of anilines is 1. The van der Waals surface area contributed by atoms with Gasteiger partial charge in [-0.15, -0.1) is 0 Å². The molecule has 2 aromatic heterocycles. The lowest BCUT2D eigenvalue weighted by atomic mass is 10.1. The summed E-state index contributed by atoms with van der Waals surface area (Å²) < 4.78 is 55.7. The van der Waals surface area contributed by atoms with E-state index in [2.05, 4.69) is 19.9 Å². The van der Waals surface area contributed by atoms with E-state index in [1.54, 1.807) is 17.8 Å². The van der Waals surface area contributed by atoms with Gasteiger partial charge in [0.05, 0.1) is 17.7 Å². The smallest absolute Gasteiger partial charge is 0.434 e. The molecule has 0 saturated carbocycles. The molecule has 1 aromatic carbocycles. The lowest BCUT2D eigenvalue weighted by molar-refractivity contribution is -0.141. The highest BCUT2D eigenvalue weighted by atomic mass is 32.2. The zero-order valence-corrected chi connectivity index (χ0v) is 21.5. The van der Waals surface area contributed by atoms with Crippen LogP contribution in [0.5, 0.6) is 0 Å². The van der Waals surface area contributed by atoms with Crippen molar-refractivity contribution in [1.29, 1.82) is 5.26 Å². The molecule has 3 aromatic rings. The summed E-state index contributed by atoms with van der Waals surface area (Å²) in [4.78, 5) is 31.1. The summed E-state index contributed by atoms with van der Waals surface area (Å²) in [6.07, 6.45) is -5.47. The molecule has 0 aliphatic carbocycles. The SMILES string of the molecule is CCOC(=O)c1cc(C#N)c(N2CCN(C(=O)OCCSCc3ccc4nonc4c3)CC2)nc1C(F)(F)F. The summed E-state index contributed by atoms with van der Waals surface area (Å²) >= 11 is 1.57. The molecule has 0 unspecified atom stereocenters. The first-order valence-corrected chi connectivity index (χ1v) is 13.0. The average molecular weight is 565 g/mol. The number of carbonyl (C=O) groups excluding carboxylic acids is 2. The van der Waals surface area contributed by atoms with Crippen molar-refractivity contribution in [3.05, 3.63) is 46.6 Å². The van der Waals surface area contributed by atoms with Crippen molar-refractivity contribution in [3.8, 4) is 6.07 Å². The van der Waals surface area contributed by atoms with E-state index in [4.69, 9.17) is 9.47 Å². The number of piperazine rings is 1. The fourth-order valence-electron chi connectivity index (χ4n) is 3.89. The molecule has 3 heterocycles. The third-order valence-electron chi connectivity index (χ3n) is 5.76. The van der Waals surface area contributed by atoms with Crippen molar-refractivity contribution in [2.75, 3.05) is 50.0 Å². The van der Waals surface area contributed by atoms with E-state index in [-0.39, 0.29) is 50.8 Å². The van der Waals surface area contributed by atoms with Gasteiger partial charge in [-0.1, -0.05) is 6.07 Å². The molecule has 0 spiro atoms. The first-order valence-electron chi connectivity index (χ1n) is 11.9. The normalized spacial score (nSPS) is 13.8. The molecule has 1 aliphatic rings. The molecule has 1 saturated heterocycles. The maximum Gasteiger partial charge on any atom is 0.434 e. The number of hydrogen-bond donors (Lipinski definition) is 0. The Bertz CT molecular complexity index is 1380. The Morgan fingerprint density at radius 3 is 2.56 bits per heavy atom. The van der Waals surface area contributed by atoms with Gasteiger partial charge in [0.1, 0.15) is 29.5 Å². The van der Waals surface area contributed by atoms with Crippen molar-refractivity contribution in [1.82, 2.24) is 20.2 Å². The molecule has 11 nitrogen and oxygen atoms in total. The number of esters is 1. The van der Waals surface area contributed by atoms with Crippen molar-refractivity contribution in [2.45, 2.75) is 18.9 Å². The van der Waals surface area contributed by atoms with Crippen LogP contribution in [0, 0.1) is 11.3 Å². The Labute approximate surface area is 224 Å². The molecule has 1 amide bonds. The number of pyridine rings is 1. The van der Waals surface area contributed by atoms with Crippen LogP contribution in [0.1, 0.15) is 34.1 Å². The number of amides is 1. The van der Waals surface area contributed by atoms with Gasteiger partial charge in [-0.05, 0) is 41.0 Å². The molecule has 0 atom stereocenters. The number of benzene rings is 1. The van der Waals surface area contributed by atoms with Crippen molar-refractivity contribution in [2.24, 2.45) is 0 Å². The largest absolute Gasteiger partial charge is 0.462 e. The van der Waals surface area contributed by atoms with E-state index in [9.17, 15) is 28.0 Å². The van der Waals surface area contributed by atoms with Crippen LogP contribution in [0.15, 0.2) is 28.9 Å². The predicted octanol–water partition coefficient (Wildman–Crippen LogP) is 3.88. The highest BCUT2D eigenvalue weighted by molar-refractivity contribution is 7.98. The number of rotatable bonds is 8. The molecule has 39 heavy (non-hydrogen) atoms. The van der Waals surface area contributed by atoms with Crippen molar-refractivity contribution >= 4 is 40.7 Å². The lowest BCUT2D eigenvalue weighted by Crippen LogP contribution is -2.49. The number of fused-ring (bicyclic) bond motifs is 1. The maximum absolute atomic E-state index is 13.7. The quantitative estimate of drug-likeness (QED) is 0.291. The molecule has 1 aliphatic heterocycles. The molecule has 15 heteroatoms. The first-order chi connectivity index (χ1) is 18.7. The number of hydrogen-bond acceptors (Lipinski definition) is 11. The minimum atomic E-state index is -4.94. The number of nitriles is 1. The van der Waals surface area contributed by atoms with Crippen LogP contribution >= 0.6 is 11.8 Å². The van der Waals surface area contributed by atoms with Gasteiger partial charge >= 0.3 is 18.2 Å². The summed E-state index contributed by atoms with van der Waals surface area (Å²) in [5, 5.41) is 17.1. The highest BCUT2D eigenvalue weighted by Crippen LogP contribution is 2.34. The van der Waals surface area contributed by atoms with Gasteiger partial charge in [-0.2, -0.15) is 30.2 Å². The molecule has 0 bridgehead atoms. The summed E-state index contributed by atoms with van der Waals surface area (Å²) in [5.41, 5.74) is -0.0717. The Morgan fingerprint density at radius 1 is 1.13 bits per heavy atom. The monoisotopic (exact) mass is 564 g/mol. The Balaban J connectivity index is 1.30. The standard InChI is InChI=1S/C24H23F3N6O5S/c1-2-36-22(34)17-12-16(13-28)21(29-20(17)24(25,26)27)32-5-7-33(8-6-32)23(35)37-9-10-39-14-15-3-4-18-19(11-15)31-38-30-18/h3-4,11-12H,2,5-10,14H2,1H3. The maximum atomic E-state index is 13.7. The van der Waals surface area contributed by atoms with Gasteiger partial charge in [0.15, 0.2) is 5.69 Å². The number of halogens is 3. The number of nitrogens with zero attached hydrogens (tertiary/aromatic N) is 6. The van der Waals surface area contributed by atoms with E-state index in [0.717, 1.165) is 11.6 Å². The van der Waals surface area contributed by atoms with E-state index in [0.29, 0.717) is 22.5 Å². The third kappa shape index (κ3) is 6.69. The molecular weight excluding hydrogens is 541 g/mol. The van der Waals surface area contributed by atoms with Crippen LogP contribution in [-0.2, 0) is 21.4 Å². The minimum absolute atomic E-state index is 0.126. The first kappa shape index (κ1) is 28.0. The zero-order valence-electron chi connectivity index (χ0n) is 20.7. The number of ether oxygens (including phenoxy) is 2. The van der Waals surface area contributed by atoms with Crippen LogP contribution in [0.3, 0.4) is 0 Å². The minimum Gasteiger partial charge on any atom is -0.462 e. The number of alkyl halides is 3. The Kier molecular flexibility index (Phi) is 8.75. The fraction of sp³-hybridized carbons (Fsp3) is 0.417. The molecule has 0 N–H and O–H groups in total. The van der Waals surface area contributed by atoms with Gasteiger partial charge in [-0.3, -0.25) is 0 Å². The van der Waals surface area contributed by atoms with E-state index < -0.39 is 29.5 Å². The average Bonchev–Trinajstić information content (AvgIpc) is 3.40. The summed E-state index contributed by atoms with van der Waals surface area (Å²) in [6.45, 7) is 2.08. The second-order valence-electron chi connectivity index (χ2n) is 8.31.